The average Bonchev–Trinajstić information content (AvgIpc) is 3.00. The quantitative estimate of drug-likeness (QED) is 0.540. The third kappa shape index (κ3) is 3.99. The van der Waals surface area contributed by atoms with Crippen molar-refractivity contribution in [2.75, 3.05) is 19.1 Å². The fraction of sp³-hybridized carbons (Fsp3) is 0.190. The van der Waals surface area contributed by atoms with Gasteiger partial charge in [-0.2, -0.15) is 0 Å². The van der Waals surface area contributed by atoms with Crippen LogP contribution in [0.25, 0.3) is 6.08 Å². The van der Waals surface area contributed by atoms with Gasteiger partial charge in [0.2, 0.25) is 0 Å². The molecule has 0 radical (unpaired) electrons. The van der Waals surface area contributed by atoms with Gasteiger partial charge in [0.15, 0.2) is 15.8 Å². The first-order chi connectivity index (χ1) is 13.9. The van der Waals surface area contributed by atoms with E-state index in [1.165, 1.54) is 25.2 Å². The molecule has 150 valence electrons. The molecule has 0 spiro atoms. The van der Waals surface area contributed by atoms with Gasteiger partial charge in [-0.15, -0.1) is 0 Å². The molecule has 0 unspecified atom stereocenters. The van der Waals surface area contributed by atoms with E-state index in [1.54, 1.807) is 12.1 Å². The molecule has 1 aliphatic rings. The lowest BCUT2D eigenvalue weighted by atomic mass is 10.0. The minimum atomic E-state index is -1.18. The topological polar surface area (TPSA) is 76.1 Å². The molecule has 1 aliphatic heterocycles. The number of carbonyl (C=O) groups is 2. The Morgan fingerprint density at radius 3 is 2.41 bits per heavy atom. The molecule has 1 fully saturated rings. The van der Waals surface area contributed by atoms with Crippen molar-refractivity contribution in [3.8, 4) is 11.5 Å². The molecule has 0 saturated carbocycles. The number of benzene rings is 2. The molecule has 3 rings (SSSR count). The average molecular weight is 430 g/mol. The standard InChI is InChI=1S/C21H19NO5S2/c1-4-12-5-8-14(9-6-12)22-19(23)16(29-21(22)28)11-13-7-10-15(26-2)18(27-3)17(13)20(24)25/h5-11H,4H2,1-3H3,(H,24,25)/b16-11+. The molecular formula is C21H19NO5S2. The van der Waals surface area contributed by atoms with Crippen LogP contribution < -0.4 is 14.4 Å². The molecule has 1 heterocycles. The lowest BCUT2D eigenvalue weighted by Crippen LogP contribution is -2.27. The summed E-state index contributed by atoms with van der Waals surface area (Å²) in [5.41, 5.74) is 2.09. The SMILES string of the molecule is CCc1ccc(N2C(=O)/C(=C\c3ccc(OC)c(OC)c3C(=O)O)SC2=S)cc1. The first-order valence-electron chi connectivity index (χ1n) is 8.76. The van der Waals surface area contributed by atoms with Crippen LogP contribution in [0.2, 0.25) is 0 Å². The smallest absolute Gasteiger partial charge is 0.340 e. The number of nitrogens with zero attached hydrogens (tertiary/aromatic N) is 1. The number of thioether (sulfide) groups is 1. The van der Waals surface area contributed by atoms with Crippen molar-refractivity contribution in [3.63, 3.8) is 0 Å². The summed E-state index contributed by atoms with van der Waals surface area (Å²) in [5.74, 6) is -1.09. The van der Waals surface area contributed by atoms with Crippen LogP contribution >= 0.6 is 24.0 Å². The van der Waals surface area contributed by atoms with E-state index in [9.17, 15) is 14.7 Å². The van der Waals surface area contributed by atoms with E-state index in [4.69, 9.17) is 21.7 Å². The van der Waals surface area contributed by atoms with Crippen LogP contribution in [-0.4, -0.2) is 35.5 Å². The number of ether oxygens (including phenoxy) is 2. The zero-order valence-electron chi connectivity index (χ0n) is 16.1. The lowest BCUT2D eigenvalue weighted by molar-refractivity contribution is -0.113. The Morgan fingerprint density at radius 1 is 1.17 bits per heavy atom. The predicted molar refractivity (Wildman–Crippen MR) is 118 cm³/mol. The van der Waals surface area contributed by atoms with Crippen LogP contribution in [0.5, 0.6) is 11.5 Å². The van der Waals surface area contributed by atoms with Crippen LogP contribution in [0.3, 0.4) is 0 Å². The summed E-state index contributed by atoms with van der Waals surface area (Å²) in [6.07, 6.45) is 2.42. The zero-order chi connectivity index (χ0) is 21.1. The van der Waals surface area contributed by atoms with Gasteiger partial charge >= 0.3 is 5.97 Å². The molecular weight excluding hydrogens is 410 g/mol. The van der Waals surface area contributed by atoms with Crippen molar-refractivity contribution >= 4 is 51.9 Å². The molecule has 8 heteroatoms. The number of aromatic carboxylic acids is 1. The van der Waals surface area contributed by atoms with Crippen molar-refractivity contribution in [2.24, 2.45) is 0 Å². The number of hydrogen-bond donors (Lipinski definition) is 1. The number of methoxy groups -OCH3 is 2. The highest BCUT2D eigenvalue weighted by Gasteiger charge is 2.34. The maximum atomic E-state index is 13.0. The number of carbonyl (C=O) groups excluding carboxylic acids is 1. The third-order valence-electron chi connectivity index (χ3n) is 4.47. The van der Waals surface area contributed by atoms with Gasteiger partial charge in [-0.1, -0.05) is 49.1 Å². The largest absolute Gasteiger partial charge is 0.493 e. The minimum absolute atomic E-state index is 0.0792. The van der Waals surface area contributed by atoms with Gasteiger partial charge in [-0.05, 0) is 41.8 Å². The number of carboxylic acids is 1. The normalized spacial score (nSPS) is 15.1. The number of thiocarbonyl (C=S) groups is 1. The van der Waals surface area contributed by atoms with Crippen LogP contribution in [0.1, 0.15) is 28.4 Å². The van der Waals surface area contributed by atoms with Gasteiger partial charge in [-0.3, -0.25) is 9.69 Å². The summed E-state index contributed by atoms with van der Waals surface area (Å²) in [6.45, 7) is 2.06. The molecule has 1 N–H and O–H groups in total. The molecule has 29 heavy (non-hydrogen) atoms. The Labute approximate surface area is 178 Å². The Balaban J connectivity index is 2.02. The van der Waals surface area contributed by atoms with E-state index in [0.717, 1.165) is 23.7 Å². The maximum Gasteiger partial charge on any atom is 0.340 e. The Kier molecular flexibility index (Phi) is 6.24. The van der Waals surface area contributed by atoms with E-state index in [0.29, 0.717) is 26.2 Å². The van der Waals surface area contributed by atoms with Gasteiger partial charge < -0.3 is 14.6 Å². The van der Waals surface area contributed by atoms with E-state index < -0.39 is 5.97 Å². The molecule has 1 saturated heterocycles. The summed E-state index contributed by atoms with van der Waals surface area (Å²) in [7, 11) is 2.80. The van der Waals surface area contributed by atoms with Crippen molar-refractivity contribution in [2.45, 2.75) is 13.3 Å². The number of hydrogen-bond acceptors (Lipinski definition) is 6. The zero-order valence-corrected chi connectivity index (χ0v) is 17.7. The molecule has 6 nitrogen and oxygen atoms in total. The summed E-state index contributed by atoms with van der Waals surface area (Å²) in [5, 5.41) is 9.68. The second-order valence-corrected chi connectivity index (χ2v) is 7.78. The Morgan fingerprint density at radius 2 is 1.86 bits per heavy atom. The number of carboxylic acid groups (broad SMARTS) is 1. The van der Waals surface area contributed by atoms with Gasteiger partial charge in [0.05, 0.1) is 24.8 Å². The minimum Gasteiger partial charge on any atom is -0.493 e. The highest BCUT2D eigenvalue weighted by molar-refractivity contribution is 8.27. The summed E-state index contributed by atoms with van der Waals surface area (Å²) >= 11 is 6.52. The first-order valence-corrected chi connectivity index (χ1v) is 9.98. The predicted octanol–water partition coefficient (Wildman–Crippen LogP) is 4.37. The molecule has 0 bridgehead atoms. The number of anilines is 1. The highest BCUT2D eigenvalue weighted by Crippen LogP contribution is 2.39. The molecule has 0 aromatic heterocycles. The van der Waals surface area contributed by atoms with Crippen molar-refractivity contribution in [1.29, 1.82) is 0 Å². The van der Waals surface area contributed by atoms with Crippen molar-refractivity contribution in [3.05, 3.63) is 58.0 Å². The molecule has 2 aromatic rings. The number of aryl methyl sites for hydroxylation is 1. The van der Waals surface area contributed by atoms with Crippen LogP contribution in [0.15, 0.2) is 41.3 Å². The van der Waals surface area contributed by atoms with Gasteiger partial charge in [-0.25, -0.2) is 4.79 Å². The first kappa shape index (κ1) is 20.9. The van der Waals surface area contributed by atoms with Gasteiger partial charge in [0.1, 0.15) is 5.56 Å². The Hall–Kier alpha value is -2.84. The second kappa shape index (κ2) is 8.67. The molecule has 1 amide bonds. The van der Waals surface area contributed by atoms with Crippen molar-refractivity contribution in [1.82, 2.24) is 0 Å². The fourth-order valence-electron chi connectivity index (χ4n) is 3.00. The summed E-state index contributed by atoms with van der Waals surface area (Å²) < 4.78 is 10.8. The fourth-order valence-corrected chi connectivity index (χ4v) is 4.29. The van der Waals surface area contributed by atoms with E-state index in [-0.39, 0.29) is 17.2 Å². The monoisotopic (exact) mass is 429 g/mol. The van der Waals surface area contributed by atoms with Crippen LogP contribution in [0, 0.1) is 0 Å². The van der Waals surface area contributed by atoms with Crippen LogP contribution in [-0.2, 0) is 11.2 Å². The summed E-state index contributed by atoms with van der Waals surface area (Å²) in [4.78, 5) is 26.6. The van der Waals surface area contributed by atoms with Crippen molar-refractivity contribution < 1.29 is 24.2 Å². The summed E-state index contributed by atoms with van der Waals surface area (Å²) in [6, 6.07) is 10.8. The molecule has 0 aliphatic carbocycles. The molecule has 2 aromatic carbocycles. The number of rotatable bonds is 6. The van der Waals surface area contributed by atoms with Gasteiger partial charge in [0, 0.05) is 0 Å². The van der Waals surface area contributed by atoms with E-state index >= 15 is 0 Å². The third-order valence-corrected chi connectivity index (χ3v) is 5.78. The Bertz CT molecular complexity index is 1010. The number of amides is 1. The lowest BCUT2D eigenvalue weighted by Gasteiger charge is -2.15. The highest BCUT2D eigenvalue weighted by atomic mass is 32.2. The van der Waals surface area contributed by atoms with E-state index in [1.807, 2.05) is 24.3 Å². The van der Waals surface area contributed by atoms with Crippen LogP contribution in [0.4, 0.5) is 5.69 Å². The van der Waals surface area contributed by atoms with E-state index in [2.05, 4.69) is 6.92 Å². The molecule has 0 atom stereocenters. The van der Waals surface area contributed by atoms with Gasteiger partial charge in [0.25, 0.3) is 5.91 Å². The maximum absolute atomic E-state index is 13.0. The second-order valence-electron chi connectivity index (χ2n) is 6.11.